The second kappa shape index (κ2) is 12.1. The van der Waals surface area contributed by atoms with E-state index in [4.69, 9.17) is 0 Å². The fraction of sp³-hybridized carbons (Fsp3) is 0. The standard InChI is InChI=1S/C44H32N2/c1-3-15-34(16-4-1)43-39(33-25-27-36(28-26-33)45-40-23-11-19-31-13-7-9-21-37(31)40)29-30-42(44(43)35-17-5-2-6-18-35)46-41-24-12-20-32-14-8-10-22-38(32)41/h1-30,45-46H. The van der Waals surface area contributed by atoms with E-state index in [-0.39, 0.29) is 0 Å². The smallest absolute Gasteiger partial charge is 0.0470 e. The first-order valence-electron chi connectivity index (χ1n) is 15.7. The van der Waals surface area contributed by atoms with Gasteiger partial charge in [-0.3, -0.25) is 0 Å². The molecule has 0 aromatic heterocycles. The molecule has 8 aromatic carbocycles. The molecule has 2 heteroatoms. The van der Waals surface area contributed by atoms with E-state index in [1.165, 1.54) is 49.4 Å². The quantitative estimate of drug-likeness (QED) is 0.193. The van der Waals surface area contributed by atoms with Crippen molar-refractivity contribution in [3.8, 4) is 33.4 Å². The summed E-state index contributed by atoms with van der Waals surface area (Å²) in [6.07, 6.45) is 0. The molecule has 0 aliphatic rings. The first-order chi connectivity index (χ1) is 22.8. The summed E-state index contributed by atoms with van der Waals surface area (Å²) in [4.78, 5) is 0. The molecule has 0 fully saturated rings. The Bertz CT molecular complexity index is 2280. The van der Waals surface area contributed by atoms with E-state index in [0.717, 1.165) is 28.3 Å². The van der Waals surface area contributed by atoms with Crippen molar-refractivity contribution in [3.63, 3.8) is 0 Å². The van der Waals surface area contributed by atoms with Crippen LogP contribution in [0.5, 0.6) is 0 Å². The van der Waals surface area contributed by atoms with Gasteiger partial charge >= 0.3 is 0 Å². The predicted molar refractivity (Wildman–Crippen MR) is 197 cm³/mol. The summed E-state index contributed by atoms with van der Waals surface area (Å²) >= 11 is 0. The summed E-state index contributed by atoms with van der Waals surface area (Å²) in [6, 6.07) is 64.6. The lowest BCUT2D eigenvalue weighted by Gasteiger charge is -2.22. The van der Waals surface area contributed by atoms with Crippen molar-refractivity contribution in [1.29, 1.82) is 0 Å². The number of anilines is 4. The normalized spacial score (nSPS) is 11.0. The first kappa shape index (κ1) is 27.4. The summed E-state index contributed by atoms with van der Waals surface area (Å²) in [5.74, 6) is 0. The maximum absolute atomic E-state index is 3.84. The molecule has 0 unspecified atom stereocenters. The largest absolute Gasteiger partial charge is 0.355 e. The molecule has 0 spiro atoms. The second-order valence-electron chi connectivity index (χ2n) is 11.5. The monoisotopic (exact) mass is 588 g/mol. The maximum Gasteiger partial charge on any atom is 0.0470 e. The van der Waals surface area contributed by atoms with E-state index in [1.54, 1.807) is 0 Å². The number of rotatable bonds is 7. The lowest BCUT2D eigenvalue weighted by atomic mass is 9.86. The highest BCUT2D eigenvalue weighted by molar-refractivity contribution is 6.03. The van der Waals surface area contributed by atoms with Crippen LogP contribution in [-0.2, 0) is 0 Å². The molecule has 218 valence electrons. The topological polar surface area (TPSA) is 24.1 Å². The molecule has 0 aliphatic heterocycles. The minimum Gasteiger partial charge on any atom is -0.355 e. The van der Waals surface area contributed by atoms with Gasteiger partial charge in [-0.15, -0.1) is 0 Å². The number of hydrogen-bond acceptors (Lipinski definition) is 2. The summed E-state index contributed by atoms with van der Waals surface area (Å²) in [6.45, 7) is 0. The fourth-order valence-corrected chi connectivity index (χ4v) is 6.46. The van der Waals surface area contributed by atoms with E-state index in [9.17, 15) is 0 Å². The van der Waals surface area contributed by atoms with Crippen LogP contribution < -0.4 is 10.6 Å². The van der Waals surface area contributed by atoms with Crippen molar-refractivity contribution in [2.75, 3.05) is 10.6 Å². The zero-order chi connectivity index (χ0) is 30.7. The maximum atomic E-state index is 3.84. The van der Waals surface area contributed by atoms with Gasteiger partial charge in [-0.2, -0.15) is 0 Å². The van der Waals surface area contributed by atoms with Gasteiger partial charge in [-0.1, -0.05) is 152 Å². The SMILES string of the molecule is c1ccc(-c2c(Nc3cccc4ccccc34)ccc(-c3ccc(Nc4cccc5ccccc45)cc3)c2-c2ccccc2)cc1. The molecule has 0 radical (unpaired) electrons. The van der Waals surface area contributed by atoms with Crippen molar-refractivity contribution >= 4 is 44.3 Å². The van der Waals surface area contributed by atoms with Crippen LogP contribution in [0, 0.1) is 0 Å². The molecule has 2 N–H and O–H groups in total. The van der Waals surface area contributed by atoms with E-state index in [0.29, 0.717) is 0 Å². The molecule has 2 nitrogen and oxygen atoms in total. The molecule has 0 amide bonds. The molecule has 0 atom stereocenters. The Kier molecular flexibility index (Phi) is 7.22. The molecular weight excluding hydrogens is 556 g/mol. The molecule has 0 saturated carbocycles. The number of nitrogens with one attached hydrogen (secondary N) is 2. The Morgan fingerprint density at radius 3 is 1.39 bits per heavy atom. The summed E-state index contributed by atoms with van der Waals surface area (Å²) < 4.78 is 0. The highest BCUT2D eigenvalue weighted by atomic mass is 14.9. The highest BCUT2D eigenvalue weighted by Gasteiger charge is 2.19. The van der Waals surface area contributed by atoms with Crippen LogP contribution in [0.15, 0.2) is 182 Å². The van der Waals surface area contributed by atoms with Gasteiger partial charge in [0.2, 0.25) is 0 Å². The van der Waals surface area contributed by atoms with Crippen LogP contribution in [0.4, 0.5) is 22.7 Å². The van der Waals surface area contributed by atoms with Gasteiger partial charge in [0.15, 0.2) is 0 Å². The van der Waals surface area contributed by atoms with Crippen LogP contribution in [0.3, 0.4) is 0 Å². The van der Waals surface area contributed by atoms with Crippen molar-refractivity contribution in [1.82, 2.24) is 0 Å². The van der Waals surface area contributed by atoms with Gasteiger partial charge in [0.05, 0.1) is 0 Å². The molecule has 0 bridgehead atoms. The summed E-state index contributed by atoms with van der Waals surface area (Å²) in [7, 11) is 0. The van der Waals surface area contributed by atoms with Crippen LogP contribution in [0.1, 0.15) is 0 Å². The van der Waals surface area contributed by atoms with Gasteiger partial charge in [0.25, 0.3) is 0 Å². The fourth-order valence-electron chi connectivity index (χ4n) is 6.46. The molecular formula is C44H32N2. The average Bonchev–Trinajstić information content (AvgIpc) is 3.13. The Hall–Kier alpha value is -6.12. The average molecular weight is 589 g/mol. The van der Waals surface area contributed by atoms with E-state index in [2.05, 4.69) is 193 Å². The Balaban J connectivity index is 1.26. The van der Waals surface area contributed by atoms with E-state index < -0.39 is 0 Å². The van der Waals surface area contributed by atoms with Gasteiger partial charge in [-0.05, 0) is 68.9 Å². The van der Waals surface area contributed by atoms with Crippen molar-refractivity contribution in [2.24, 2.45) is 0 Å². The van der Waals surface area contributed by atoms with E-state index in [1.807, 2.05) is 0 Å². The van der Waals surface area contributed by atoms with Crippen LogP contribution >= 0.6 is 0 Å². The van der Waals surface area contributed by atoms with Gasteiger partial charge in [-0.25, -0.2) is 0 Å². The zero-order valence-corrected chi connectivity index (χ0v) is 25.3. The first-order valence-corrected chi connectivity index (χ1v) is 15.7. The zero-order valence-electron chi connectivity index (χ0n) is 25.3. The molecule has 0 aliphatic carbocycles. The van der Waals surface area contributed by atoms with Crippen molar-refractivity contribution in [3.05, 3.63) is 182 Å². The number of fused-ring (bicyclic) bond motifs is 2. The van der Waals surface area contributed by atoms with Gasteiger partial charge in [0, 0.05) is 39.1 Å². The molecule has 46 heavy (non-hydrogen) atoms. The third-order valence-electron chi connectivity index (χ3n) is 8.65. The Morgan fingerprint density at radius 1 is 0.283 bits per heavy atom. The highest BCUT2D eigenvalue weighted by Crippen LogP contribution is 2.45. The minimum atomic E-state index is 1.05. The van der Waals surface area contributed by atoms with Crippen molar-refractivity contribution in [2.45, 2.75) is 0 Å². The lowest BCUT2D eigenvalue weighted by Crippen LogP contribution is -1.99. The van der Waals surface area contributed by atoms with Gasteiger partial charge in [0.1, 0.15) is 0 Å². The minimum absolute atomic E-state index is 1.05. The Morgan fingerprint density at radius 2 is 0.783 bits per heavy atom. The molecule has 0 saturated heterocycles. The molecule has 0 heterocycles. The van der Waals surface area contributed by atoms with Gasteiger partial charge < -0.3 is 10.6 Å². The van der Waals surface area contributed by atoms with Crippen LogP contribution in [0.25, 0.3) is 54.9 Å². The van der Waals surface area contributed by atoms with Crippen LogP contribution in [-0.4, -0.2) is 0 Å². The van der Waals surface area contributed by atoms with Crippen LogP contribution in [0.2, 0.25) is 0 Å². The third kappa shape index (κ3) is 5.27. The molecule has 8 aromatic rings. The number of benzene rings is 8. The van der Waals surface area contributed by atoms with E-state index >= 15 is 0 Å². The molecule has 8 rings (SSSR count). The Labute approximate surface area is 269 Å². The summed E-state index contributed by atoms with van der Waals surface area (Å²) in [5.41, 5.74) is 11.4. The summed E-state index contributed by atoms with van der Waals surface area (Å²) in [5, 5.41) is 12.3. The van der Waals surface area contributed by atoms with Crippen molar-refractivity contribution < 1.29 is 0 Å². The predicted octanol–water partition coefficient (Wildman–Crippen LogP) is 12.5. The second-order valence-corrected chi connectivity index (χ2v) is 11.5. The number of hydrogen-bond donors (Lipinski definition) is 2. The third-order valence-corrected chi connectivity index (χ3v) is 8.65. The lowest BCUT2D eigenvalue weighted by molar-refractivity contribution is 1.52.